The molecule has 1 aromatic rings. The first-order valence-corrected chi connectivity index (χ1v) is 18.5. The first-order chi connectivity index (χ1) is 24.7. The highest BCUT2D eigenvalue weighted by Gasteiger charge is 2.52. The summed E-state index contributed by atoms with van der Waals surface area (Å²) in [5.41, 5.74) is 0.161. The molecule has 1 amide bonds. The highest BCUT2D eigenvalue weighted by atomic mass is 16.6. The Morgan fingerprint density at radius 1 is 1.21 bits per heavy atom. The Bertz CT molecular complexity index is 1380. The van der Waals surface area contributed by atoms with Crippen LogP contribution in [0.5, 0.6) is 0 Å². The van der Waals surface area contributed by atoms with Crippen LogP contribution in [-0.4, -0.2) is 88.7 Å². The second-order valence-electron chi connectivity index (χ2n) is 14.4. The molecule has 0 aromatic carbocycles. The number of hydrogen-bond donors (Lipinski definition) is 3. The van der Waals surface area contributed by atoms with Crippen molar-refractivity contribution in [3.05, 3.63) is 66.0 Å². The molecular formula is C40H60N2O10. The average molecular weight is 729 g/mol. The van der Waals surface area contributed by atoms with E-state index >= 15 is 0 Å². The van der Waals surface area contributed by atoms with Gasteiger partial charge in [0.15, 0.2) is 0 Å². The van der Waals surface area contributed by atoms with E-state index in [1.807, 2.05) is 45.1 Å². The second kappa shape index (κ2) is 20.6. The minimum Gasteiger partial charge on any atom is -0.457 e. The van der Waals surface area contributed by atoms with Crippen molar-refractivity contribution in [2.75, 3.05) is 7.11 Å². The summed E-state index contributed by atoms with van der Waals surface area (Å²) in [4.78, 5) is 42.1. The van der Waals surface area contributed by atoms with Gasteiger partial charge < -0.3 is 39.2 Å². The summed E-state index contributed by atoms with van der Waals surface area (Å²) in [5.74, 6) is -1.34. The zero-order valence-corrected chi connectivity index (χ0v) is 32.0. The highest BCUT2D eigenvalue weighted by molar-refractivity contribution is 5.70. The maximum absolute atomic E-state index is 13.0. The smallest absolute Gasteiger partial charge is 0.407 e. The summed E-state index contributed by atoms with van der Waals surface area (Å²) >= 11 is 0. The van der Waals surface area contributed by atoms with E-state index in [2.05, 4.69) is 24.1 Å². The zero-order valence-electron chi connectivity index (χ0n) is 32.0. The summed E-state index contributed by atoms with van der Waals surface area (Å²) in [5, 5.41) is 24.5. The van der Waals surface area contributed by atoms with Crippen molar-refractivity contribution in [2.24, 2.45) is 17.8 Å². The Morgan fingerprint density at radius 2 is 1.96 bits per heavy atom. The third kappa shape index (κ3) is 13.1. The summed E-state index contributed by atoms with van der Waals surface area (Å²) in [6, 6.07) is 3.68. The Kier molecular flexibility index (Phi) is 17.0. The lowest BCUT2D eigenvalue weighted by Gasteiger charge is -2.32. The predicted molar refractivity (Wildman–Crippen MR) is 196 cm³/mol. The largest absolute Gasteiger partial charge is 0.457 e. The fourth-order valence-corrected chi connectivity index (χ4v) is 6.56. The van der Waals surface area contributed by atoms with Crippen LogP contribution in [0.1, 0.15) is 92.6 Å². The number of alkyl carbamates (subject to hydrolysis) is 1. The normalized spacial score (nSPS) is 30.1. The van der Waals surface area contributed by atoms with Crippen LogP contribution >= 0.6 is 0 Å². The number of nitrogens with one attached hydrogen (secondary N) is 1. The van der Waals surface area contributed by atoms with Gasteiger partial charge in [-0.15, -0.1) is 0 Å². The number of allylic oxidation sites excluding steroid dienone is 3. The molecule has 3 heterocycles. The maximum Gasteiger partial charge on any atom is 0.407 e. The summed E-state index contributed by atoms with van der Waals surface area (Å²) in [7, 11) is 1.69. The molecule has 0 aliphatic carbocycles. The van der Waals surface area contributed by atoms with Gasteiger partial charge >= 0.3 is 18.0 Å². The van der Waals surface area contributed by atoms with Crippen molar-refractivity contribution in [3.63, 3.8) is 0 Å². The number of carbonyl (C=O) groups excluding carboxylic acids is 3. The fraction of sp³-hybridized carbons (Fsp3) is 0.650. The van der Waals surface area contributed by atoms with Gasteiger partial charge in [0.2, 0.25) is 0 Å². The molecule has 12 heteroatoms. The van der Waals surface area contributed by atoms with Crippen molar-refractivity contribution in [2.45, 2.75) is 142 Å². The van der Waals surface area contributed by atoms with Gasteiger partial charge in [-0.05, 0) is 68.7 Å². The van der Waals surface area contributed by atoms with Crippen molar-refractivity contribution >= 4 is 18.0 Å². The maximum atomic E-state index is 13.0. The number of rotatable bonds is 15. The summed E-state index contributed by atoms with van der Waals surface area (Å²) < 4.78 is 29.2. The van der Waals surface area contributed by atoms with E-state index in [-0.39, 0.29) is 68.3 Å². The van der Waals surface area contributed by atoms with E-state index in [4.69, 9.17) is 23.7 Å². The number of carbonyl (C=O) groups is 3. The molecular weight excluding hydrogens is 668 g/mol. The number of ether oxygens (including phenoxy) is 5. The molecule has 3 N–H and O–H groups in total. The molecule has 2 aliphatic rings. The minimum atomic E-state index is -1.45. The number of amides is 1. The van der Waals surface area contributed by atoms with Crippen LogP contribution in [0.4, 0.5) is 4.79 Å². The molecule has 0 saturated carbocycles. The van der Waals surface area contributed by atoms with Crippen LogP contribution in [0.2, 0.25) is 0 Å². The Balaban J connectivity index is 1.75. The van der Waals surface area contributed by atoms with Crippen molar-refractivity contribution in [1.29, 1.82) is 0 Å². The van der Waals surface area contributed by atoms with Crippen molar-refractivity contribution in [1.82, 2.24) is 10.3 Å². The van der Waals surface area contributed by atoms with Crippen molar-refractivity contribution < 1.29 is 48.3 Å². The molecule has 12 nitrogen and oxygen atoms in total. The van der Waals surface area contributed by atoms with E-state index in [9.17, 15) is 24.6 Å². The molecule has 1 aromatic heterocycles. The molecule has 3 rings (SSSR count). The number of aliphatic hydroxyl groups is 2. The summed E-state index contributed by atoms with van der Waals surface area (Å²) in [6.07, 6.45) is 10.0. The lowest BCUT2D eigenvalue weighted by molar-refractivity contribution is -0.159. The number of pyridine rings is 1. The van der Waals surface area contributed by atoms with Crippen molar-refractivity contribution in [3.8, 4) is 0 Å². The van der Waals surface area contributed by atoms with Gasteiger partial charge in [0.1, 0.15) is 30.0 Å². The van der Waals surface area contributed by atoms with Crippen LogP contribution in [0.15, 0.2) is 60.5 Å². The van der Waals surface area contributed by atoms with E-state index < -0.39 is 48.0 Å². The Labute approximate surface area is 309 Å². The quantitative estimate of drug-likeness (QED) is 0.0662. The molecule has 1 saturated heterocycles. The standard InChI is InChI=1S/C40H60N2O10/c1-9-31(48-8)28(6)37-38(51-37)36(52-39(46)42-24-29-16-13-21-41-23-29)26(4)15-12-11-14-25(3)35-27(5)17-18-32(49-33(44)10-2)40(7,47)20-19-30(43)22-34(45)50-35/h11-14,16-18,21,23,26-28,30-32,35-38,43,47H,9-10,15,19-20,22,24H2,1-8H3,(H,42,46)/b12-11+,18-17+,25-14+. The van der Waals surface area contributed by atoms with Gasteiger partial charge in [0.25, 0.3) is 0 Å². The van der Waals surface area contributed by atoms with Crippen LogP contribution in [0.25, 0.3) is 0 Å². The first kappa shape index (κ1) is 42.8. The number of cyclic esters (lactones) is 1. The molecule has 2 aliphatic heterocycles. The number of methoxy groups -OCH3 is 1. The summed E-state index contributed by atoms with van der Waals surface area (Å²) in [6.45, 7) is 13.4. The number of nitrogens with zero attached hydrogens (tertiary/aromatic N) is 1. The predicted octanol–water partition coefficient (Wildman–Crippen LogP) is 5.76. The topological polar surface area (TPSA) is 166 Å². The van der Waals surface area contributed by atoms with Crippen LogP contribution in [0.3, 0.4) is 0 Å². The molecule has 11 unspecified atom stereocenters. The van der Waals surface area contributed by atoms with Gasteiger partial charge in [0, 0.05) is 44.3 Å². The molecule has 11 atom stereocenters. The van der Waals surface area contributed by atoms with Crippen LogP contribution in [-0.2, 0) is 39.8 Å². The lowest BCUT2D eigenvalue weighted by Crippen LogP contribution is -2.42. The SMILES string of the molecule is CCC(=O)OC1/C=C/C(C)C(/C(C)=C/C=C/CC(C)C(OC(=O)NCc2cccnc2)C2OC2C(C)C(CC)OC)OC(=O)CC(O)CCC1(C)O. The van der Waals surface area contributed by atoms with Gasteiger partial charge in [0.05, 0.1) is 24.7 Å². The molecule has 52 heavy (non-hydrogen) atoms. The average Bonchev–Trinajstić information content (AvgIpc) is 3.92. The Hall–Kier alpha value is -3.58. The van der Waals surface area contributed by atoms with E-state index in [0.717, 1.165) is 17.6 Å². The molecule has 0 spiro atoms. The van der Waals surface area contributed by atoms with Gasteiger partial charge in [-0.3, -0.25) is 14.6 Å². The van der Waals surface area contributed by atoms with E-state index in [0.29, 0.717) is 6.42 Å². The number of esters is 2. The lowest BCUT2D eigenvalue weighted by atomic mass is 9.88. The minimum absolute atomic E-state index is 0.0224. The van der Waals surface area contributed by atoms with Gasteiger partial charge in [-0.1, -0.05) is 65.0 Å². The third-order valence-electron chi connectivity index (χ3n) is 9.98. The first-order valence-electron chi connectivity index (χ1n) is 18.5. The Morgan fingerprint density at radius 3 is 2.62 bits per heavy atom. The monoisotopic (exact) mass is 728 g/mol. The second-order valence-corrected chi connectivity index (χ2v) is 14.4. The van der Waals surface area contributed by atoms with E-state index in [1.165, 1.54) is 0 Å². The molecule has 290 valence electrons. The van der Waals surface area contributed by atoms with Gasteiger partial charge in [-0.2, -0.15) is 0 Å². The number of hydrogen-bond acceptors (Lipinski definition) is 11. The highest BCUT2D eigenvalue weighted by Crippen LogP contribution is 2.39. The van der Waals surface area contributed by atoms with Gasteiger partial charge in [-0.25, -0.2) is 4.79 Å². The third-order valence-corrected chi connectivity index (χ3v) is 9.98. The number of epoxide rings is 1. The molecule has 1 fully saturated rings. The number of aliphatic hydroxyl groups excluding tert-OH is 1. The van der Waals surface area contributed by atoms with E-state index in [1.54, 1.807) is 51.6 Å². The zero-order chi connectivity index (χ0) is 38.4. The number of aromatic nitrogens is 1. The van der Waals surface area contributed by atoms with Crippen LogP contribution in [0, 0.1) is 17.8 Å². The molecule has 0 bridgehead atoms. The fourth-order valence-electron chi connectivity index (χ4n) is 6.56. The van der Waals surface area contributed by atoms with Crippen LogP contribution < -0.4 is 5.32 Å². The molecule has 0 radical (unpaired) electrons.